The predicted octanol–water partition coefficient (Wildman–Crippen LogP) is 2.00. The summed E-state index contributed by atoms with van der Waals surface area (Å²) in [5.74, 6) is 0.616. The lowest BCUT2D eigenvalue weighted by Crippen LogP contribution is -1.82. The van der Waals surface area contributed by atoms with Gasteiger partial charge in [0.2, 0.25) is 0 Å². The molecular formula is C9H5ClN4. The maximum Gasteiger partial charge on any atom is 0.139 e. The second kappa shape index (κ2) is 3.48. The average molecular weight is 205 g/mol. The summed E-state index contributed by atoms with van der Waals surface area (Å²) in [6.45, 7) is 0. The summed E-state index contributed by atoms with van der Waals surface area (Å²) in [4.78, 5) is 10.8. The highest BCUT2D eigenvalue weighted by Crippen LogP contribution is 2.15. The molecule has 0 atom stereocenters. The van der Waals surface area contributed by atoms with E-state index in [1.807, 2.05) is 6.07 Å². The van der Waals surface area contributed by atoms with Crippen LogP contribution in [0, 0.1) is 11.3 Å². The van der Waals surface area contributed by atoms with Crippen molar-refractivity contribution in [3.05, 3.63) is 35.4 Å². The van der Waals surface area contributed by atoms with E-state index in [1.165, 1.54) is 6.20 Å². The molecule has 0 aliphatic rings. The van der Waals surface area contributed by atoms with Crippen LogP contribution in [0.2, 0.25) is 5.15 Å². The Balaban J connectivity index is 2.40. The Labute approximate surface area is 85.2 Å². The van der Waals surface area contributed by atoms with E-state index in [1.54, 1.807) is 18.3 Å². The van der Waals surface area contributed by atoms with Crippen LogP contribution in [0.3, 0.4) is 0 Å². The van der Waals surface area contributed by atoms with E-state index in [-0.39, 0.29) is 0 Å². The molecular weight excluding hydrogens is 200 g/mol. The fourth-order valence-corrected chi connectivity index (χ4v) is 1.15. The van der Waals surface area contributed by atoms with Gasteiger partial charge in [-0.15, -0.1) is 0 Å². The quantitative estimate of drug-likeness (QED) is 0.723. The molecule has 0 aromatic carbocycles. The zero-order valence-electron chi connectivity index (χ0n) is 7.03. The normalized spacial score (nSPS) is 9.71. The fourth-order valence-electron chi connectivity index (χ4n) is 1.04. The van der Waals surface area contributed by atoms with Crippen molar-refractivity contribution in [2.24, 2.45) is 0 Å². The van der Waals surface area contributed by atoms with E-state index in [2.05, 4.69) is 15.0 Å². The molecule has 2 aromatic heterocycles. The molecule has 0 radical (unpaired) electrons. The van der Waals surface area contributed by atoms with Gasteiger partial charge in [0, 0.05) is 11.8 Å². The first-order valence-electron chi connectivity index (χ1n) is 3.86. The molecule has 0 fully saturated rings. The Bertz CT molecular complexity index is 480. The van der Waals surface area contributed by atoms with Crippen LogP contribution in [0.25, 0.3) is 11.4 Å². The van der Waals surface area contributed by atoms with Crippen LogP contribution in [-0.2, 0) is 0 Å². The molecule has 4 nitrogen and oxygen atoms in total. The van der Waals surface area contributed by atoms with Gasteiger partial charge in [0.05, 0.1) is 6.20 Å². The summed E-state index contributed by atoms with van der Waals surface area (Å²) in [6, 6.07) is 5.42. The summed E-state index contributed by atoms with van der Waals surface area (Å²) in [5, 5.41) is 9.02. The van der Waals surface area contributed by atoms with E-state index in [9.17, 15) is 0 Å². The van der Waals surface area contributed by atoms with Crippen LogP contribution in [0.15, 0.2) is 24.5 Å². The third-order valence-corrected chi connectivity index (χ3v) is 1.92. The summed E-state index contributed by atoms with van der Waals surface area (Å²) < 4.78 is 0. The predicted molar refractivity (Wildman–Crippen MR) is 51.5 cm³/mol. The minimum Gasteiger partial charge on any atom is -0.330 e. The third-order valence-electron chi connectivity index (χ3n) is 1.70. The summed E-state index contributed by atoms with van der Waals surface area (Å²) in [7, 11) is 0. The third kappa shape index (κ3) is 1.58. The molecule has 0 saturated carbocycles. The molecule has 0 saturated heterocycles. The second-order valence-electron chi connectivity index (χ2n) is 2.63. The first-order valence-corrected chi connectivity index (χ1v) is 4.24. The van der Waals surface area contributed by atoms with Crippen molar-refractivity contribution in [1.82, 2.24) is 15.0 Å². The van der Waals surface area contributed by atoms with Gasteiger partial charge in [0.25, 0.3) is 0 Å². The van der Waals surface area contributed by atoms with Crippen molar-refractivity contribution in [3.8, 4) is 17.5 Å². The topological polar surface area (TPSA) is 65.4 Å². The number of H-pyrrole nitrogens is 1. The van der Waals surface area contributed by atoms with Gasteiger partial charge in [0.1, 0.15) is 22.7 Å². The molecule has 68 valence electrons. The number of aromatic nitrogens is 3. The number of halogens is 1. The molecule has 0 bridgehead atoms. The summed E-state index contributed by atoms with van der Waals surface area (Å²) in [5.41, 5.74) is 1.23. The minimum absolute atomic E-state index is 0.426. The van der Waals surface area contributed by atoms with Gasteiger partial charge >= 0.3 is 0 Å². The van der Waals surface area contributed by atoms with Gasteiger partial charge in [-0.3, -0.25) is 0 Å². The second-order valence-corrected chi connectivity index (χ2v) is 3.01. The van der Waals surface area contributed by atoms with Crippen molar-refractivity contribution in [3.63, 3.8) is 0 Å². The summed E-state index contributed by atoms with van der Waals surface area (Å²) >= 11 is 5.64. The molecule has 2 aromatic rings. The number of hydrogen-bond donors (Lipinski definition) is 1. The van der Waals surface area contributed by atoms with Crippen LogP contribution >= 0.6 is 11.6 Å². The molecule has 0 aliphatic heterocycles. The minimum atomic E-state index is 0.426. The number of aromatic amines is 1. The maximum atomic E-state index is 8.58. The molecule has 1 N–H and O–H groups in total. The Kier molecular flexibility index (Phi) is 2.17. The van der Waals surface area contributed by atoms with Gasteiger partial charge < -0.3 is 4.98 Å². The van der Waals surface area contributed by atoms with Crippen LogP contribution < -0.4 is 0 Å². The highest BCUT2D eigenvalue weighted by Gasteiger charge is 2.02. The van der Waals surface area contributed by atoms with E-state index in [0.29, 0.717) is 16.7 Å². The van der Waals surface area contributed by atoms with E-state index < -0.39 is 0 Å². The Morgan fingerprint density at radius 1 is 1.29 bits per heavy atom. The maximum absolute atomic E-state index is 8.58. The van der Waals surface area contributed by atoms with Crippen molar-refractivity contribution in [2.75, 3.05) is 0 Å². The molecule has 0 aliphatic carbocycles. The highest BCUT2D eigenvalue weighted by molar-refractivity contribution is 6.29. The first kappa shape index (κ1) is 8.73. The van der Waals surface area contributed by atoms with E-state index >= 15 is 0 Å². The van der Waals surface area contributed by atoms with E-state index in [0.717, 1.165) is 5.56 Å². The van der Waals surface area contributed by atoms with Gasteiger partial charge in [0.15, 0.2) is 0 Å². The van der Waals surface area contributed by atoms with Gasteiger partial charge in [-0.2, -0.15) is 5.26 Å². The largest absolute Gasteiger partial charge is 0.330 e. The van der Waals surface area contributed by atoms with Crippen molar-refractivity contribution in [1.29, 1.82) is 5.26 Å². The lowest BCUT2D eigenvalue weighted by atomic mass is 10.3. The molecule has 2 heterocycles. The van der Waals surface area contributed by atoms with Crippen LogP contribution in [0.1, 0.15) is 5.69 Å². The van der Waals surface area contributed by atoms with Crippen LogP contribution in [0.5, 0.6) is 0 Å². The molecule has 5 heteroatoms. The number of nitriles is 1. The molecule has 0 unspecified atom stereocenters. The fraction of sp³-hybridized carbons (Fsp3) is 0. The molecule has 2 rings (SSSR count). The van der Waals surface area contributed by atoms with E-state index in [4.69, 9.17) is 16.9 Å². The number of hydrogen-bond acceptors (Lipinski definition) is 3. The van der Waals surface area contributed by atoms with Crippen molar-refractivity contribution >= 4 is 11.6 Å². The number of rotatable bonds is 1. The van der Waals surface area contributed by atoms with Crippen molar-refractivity contribution in [2.45, 2.75) is 0 Å². The van der Waals surface area contributed by atoms with Gasteiger partial charge in [-0.1, -0.05) is 11.6 Å². The number of imidazole rings is 1. The summed E-state index contributed by atoms with van der Waals surface area (Å²) in [6.07, 6.45) is 3.08. The first-order chi connectivity index (χ1) is 6.79. The smallest absolute Gasteiger partial charge is 0.139 e. The van der Waals surface area contributed by atoms with Crippen molar-refractivity contribution < 1.29 is 0 Å². The van der Waals surface area contributed by atoms with Crippen LogP contribution in [-0.4, -0.2) is 15.0 Å². The Morgan fingerprint density at radius 3 is 2.71 bits per heavy atom. The Morgan fingerprint density at radius 2 is 2.14 bits per heavy atom. The highest BCUT2D eigenvalue weighted by atomic mass is 35.5. The lowest BCUT2D eigenvalue weighted by molar-refractivity contribution is 1.25. The van der Waals surface area contributed by atoms with Gasteiger partial charge in [-0.25, -0.2) is 9.97 Å². The monoisotopic (exact) mass is 204 g/mol. The average Bonchev–Trinajstić information content (AvgIpc) is 2.67. The number of nitrogens with zero attached hydrogens (tertiary/aromatic N) is 3. The number of pyridine rings is 1. The SMILES string of the molecule is N#Cc1cnc(-c2ccc(Cl)nc2)[nH]1. The lowest BCUT2D eigenvalue weighted by Gasteiger charge is -1.94. The van der Waals surface area contributed by atoms with Crippen LogP contribution in [0.4, 0.5) is 0 Å². The molecule has 0 amide bonds. The molecule has 14 heavy (non-hydrogen) atoms. The zero-order chi connectivity index (χ0) is 9.97. The number of nitrogens with one attached hydrogen (secondary N) is 1. The zero-order valence-corrected chi connectivity index (χ0v) is 7.78. The van der Waals surface area contributed by atoms with Gasteiger partial charge in [-0.05, 0) is 12.1 Å². The standard InChI is InChI=1S/C9H5ClN4/c10-8-2-1-6(4-12-8)9-13-5-7(3-11)14-9/h1-2,4-5H,(H,13,14). The molecule has 0 spiro atoms. The Hall–Kier alpha value is -1.86.